The summed E-state index contributed by atoms with van der Waals surface area (Å²) in [7, 11) is -0.206. The maximum atomic E-state index is 6.18. The third-order valence-electron chi connectivity index (χ3n) is 4.23. The van der Waals surface area contributed by atoms with E-state index < -0.39 is 0 Å². The SMILES string of the molecule is Cc1cc(OS[S+](c2ccccc2)c2ccccc2)ccc1Sc1ccccc1.[Br-]. The van der Waals surface area contributed by atoms with Crippen LogP contribution in [0.15, 0.2) is 129 Å². The molecule has 0 radical (unpaired) electrons. The molecule has 4 aromatic rings. The molecular weight excluding hydrogens is 492 g/mol. The molecule has 0 N–H and O–H groups in total. The second kappa shape index (κ2) is 11.6. The Bertz CT molecular complexity index is 1000. The van der Waals surface area contributed by atoms with Gasteiger partial charge in [0.05, 0.1) is 0 Å². The lowest BCUT2D eigenvalue weighted by molar-refractivity contribution is -0.00000608. The van der Waals surface area contributed by atoms with Crippen LogP contribution in [-0.2, 0) is 9.93 Å². The predicted molar refractivity (Wildman–Crippen MR) is 127 cm³/mol. The maximum Gasteiger partial charge on any atom is 0.336 e. The number of halogens is 1. The van der Waals surface area contributed by atoms with Crippen LogP contribution in [0.2, 0.25) is 0 Å². The first-order chi connectivity index (χ1) is 14.3. The molecule has 1 nitrogen and oxygen atoms in total. The smallest absolute Gasteiger partial charge is 0.336 e. The third-order valence-corrected chi connectivity index (χ3v) is 8.98. The molecule has 152 valence electrons. The Balaban J connectivity index is 0.00000256. The Morgan fingerprint density at radius 3 is 1.73 bits per heavy atom. The molecule has 0 unspecified atom stereocenters. The fraction of sp³-hybridized carbons (Fsp3) is 0.0400. The van der Waals surface area contributed by atoms with Crippen molar-refractivity contribution in [2.24, 2.45) is 0 Å². The summed E-state index contributed by atoms with van der Waals surface area (Å²) in [4.78, 5) is 5.01. The van der Waals surface area contributed by atoms with Crippen molar-refractivity contribution in [2.75, 3.05) is 0 Å². The number of hydrogen-bond donors (Lipinski definition) is 0. The van der Waals surface area contributed by atoms with Crippen molar-refractivity contribution in [1.29, 1.82) is 0 Å². The van der Waals surface area contributed by atoms with Crippen molar-refractivity contribution in [3.63, 3.8) is 0 Å². The molecule has 0 aromatic heterocycles. The summed E-state index contributed by atoms with van der Waals surface area (Å²) < 4.78 is 6.18. The summed E-state index contributed by atoms with van der Waals surface area (Å²) in [5.41, 5.74) is 1.22. The van der Waals surface area contributed by atoms with E-state index in [1.807, 2.05) is 18.2 Å². The lowest BCUT2D eigenvalue weighted by Crippen LogP contribution is -3.00. The largest absolute Gasteiger partial charge is 1.00 e. The van der Waals surface area contributed by atoms with Crippen LogP contribution in [0.1, 0.15) is 5.56 Å². The maximum absolute atomic E-state index is 6.18. The third kappa shape index (κ3) is 6.11. The van der Waals surface area contributed by atoms with E-state index in [1.54, 1.807) is 11.8 Å². The van der Waals surface area contributed by atoms with Gasteiger partial charge in [0.25, 0.3) is 0 Å². The summed E-state index contributed by atoms with van der Waals surface area (Å²) >= 11 is 3.30. The molecule has 0 fully saturated rings. The number of aryl methyl sites for hydroxylation is 1. The number of rotatable bonds is 7. The van der Waals surface area contributed by atoms with Crippen molar-refractivity contribution >= 4 is 32.8 Å². The molecule has 0 atom stereocenters. The van der Waals surface area contributed by atoms with Gasteiger partial charge in [-0.1, -0.05) is 66.4 Å². The highest BCUT2D eigenvalue weighted by Gasteiger charge is 2.30. The second-order valence-electron chi connectivity index (χ2n) is 6.39. The van der Waals surface area contributed by atoms with Gasteiger partial charge in [0.2, 0.25) is 0 Å². The fourth-order valence-electron chi connectivity index (χ4n) is 2.78. The van der Waals surface area contributed by atoms with Crippen molar-refractivity contribution in [3.05, 3.63) is 115 Å². The summed E-state index contributed by atoms with van der Waals surface area (Å²) in [5, 5.41) is 0. The zero-order valence-electron chi connectivity index (χ0n) is 16.4. The Labute approximate surface area is 200 Å². The molecule has 0 heterocycles. The molecular formula is C25H21BrOS3. The lowest BCUT2D eigenvalue weighted by Gasteiger charge is -2.09. The monoisotopic (exact) mass is 512 g/mol. The van der Waals surface area contributed by atoms with Crippen molar-refractivity contribution in [2.45, 2.75) is 26.5 Å². The normalized spacial score (nSPS) is 10.5. The fourth-order valence-corrected chi connectivity index (χ4v) is 6.75. The molecule has 0 saturated heterocycles. The summed E-state index contributed by atoms with van der Waals surface area (Å²) in [5.74, 6) is 0.884. The zero-order chi connectivity index (χ0) is 19.9. The van der Waals surface area contributed by atoms with Crippen LogP contribution in [0, 0.1) is 6.92 Å². The highest BCUT2D eigenvalue weighted by Crippen LogP contribution is 2.37. The molecule has 30 heavy (non-hydrogen) atoms. The average molecular weight is 514 g/mol. The van der Waals surface area contributed by atoms with Crippen LogP contribution in [-0.4, -0.2) is 0 Å². The standard InChI is InChI=1S/C25H21OS3.BrH/c1-20-19-21(17-18-25(20)27-22-11-5-2-6-12-22)26-28-29(23-13-7-3-8-14-23)24-15-9-4-10-16-24;/h2-19H,1H3;1H/q+1;/p-1. The van der Waals surface area contributed by atoms with Gasteiger partial charge in [-0.15, -0.1) is 0 Å². The molecule has 5 heteroatoms. The minimum Gasteiger partial charge on any atom is -1.00 e. The van der Waals surface area contributed by atoms with Gasteiger partial charge in [-0.3, -0.25) is 0 Å². The summed E-state index contributed by atoms with van der Waals surface area (Å²) in [6.45, 7) is 2.14. The van der Waals surface area contributed by atoms with Crippen LogP contribution >= 0.6 is 22.8 Å². The van der Waals surface area contributed by atoms with E-state index in [-0.39, 0.29) is 26.9 Å². The number of benzene rings is 4. The van der Waals surface area contributed by atoms with Crippen LogP contribution < -0.4 is 21.2 Å². The van der Waals surface area contributed by atoms with E-state index in [9.17, 15) is 0 Å². The first-order valence-electron chi connectivity index (χ1n) is 9.32. The van der Waals surface area contributed by atoms with Gasteiger partial charge < -0.3 is 21.2 Å². The van der Waals surface area contributed by atoms with E-state index in [0.29, 0.717) is 0 Å². The Kier molecular flexibility index (Phi) is 8.82. The van der Waals surface area contributed by atoms with E-state index >= 15 is 0 Å². The lowest BCUT2D eigenvalue weighted by atomic mass is 10.2. The molecule has 4 rings (SSSR count). The highest BCUT2D eigenvalue weighted by molar-refractivity contribution is 8.72. The van der Waals surface area contributed by atoms with Gasteiger partial charge in [-0.25, -0.2) is 0 Å². The van der Waals surface area contributed by atoms with Crippen molar-refractivity contribution < 1.29 is 21.2 Å². The molecule has 0 aliphatic carbocycles. The molecule has 0 aliphatic rings. The summed E-state index contributed by atoms with van der Waals surface area (Å²) in [6, 6.07) is 37.9. The molecule has 0 saturated carbocycles. The quantitative estimate of drug-likeness (QED) is 0.199. The second-order valence-corrected chi connectivity index (χ2v) is 10.7. The molecule has 4 aromatic carbocycles. The predicted octanol–water partition coefficient (Wildman–Crippen LogP) is 4.83. The van der Waals surface area contributed by atoms with Gasteiger partial charge in [-0.05, 0) is 67.1 Å². The topological polar surface area (TPSA) is 9.23 Å². The van der Waals surface area contributed by atoms with Crippen molar-refractivity contribution in [3.8, 4) is 5.75 Å². The highest BCUT2D eigenvalue weighted by atomic mass is 79.9. The van der Waals surface area contributed by atoms with Crippen LogP contribution in [0.3, 0.4) is 0 Å². The van der Waals surface area contributed by atoms with Crippen LogP contribution in [0.5, 0.6) is 5.75 Å². The molecule has 0 amide bonds. The Hall–Kier alpha value is -1.79. The van der Waals surface area contributed by atoms with E-state index in [2.05, 4.69) is 97.9 Å². The van der Waals surface area contributed by atoms with Crippen molar-refractivity contribution in [1.82, 2.24) is 0 Å². The van der Waals surface area contributed by atoms with Gasteiger partial charge in [0.15, 0.2) is 19.7 Å². The first kappa shape index (κ1) is 22.9. The van der Waals surface area contributed by atoms with Crippen LogP contribution in [0.25, 0.3) is 0 Å². The van der Waals surface area contributed by atoms with Gasteiger partial charge >= 0.3 is 11.1 Å². The Morgan fingerprint density at radius 1 is 0.667 bits per heavy atom. The van der Waals surface area contributed by atoms with E-state index in [0.717, 1.165) is 5.75 Å². The van der Waals surface area contributed by atoms with E-state index in [1.165, 1.54) is 36.2 Å². The minimum atomic E-state index is -0.206. The van der Waals surface area contributed by atoms with Crippen LogP contribution in [0.4, 0.5) is 0 Å². The van der Waals surface area contributed by atoms with Gasteiger partial charge in [0, 0.05) is 9.79 Å². The van der Waals surface area contributed by atoms with E-state index in [4.69, 9.17) is 4.18 Å². The minimum absolute atomic E-state index is 0. The van der Waals surface area contributed by atoms with Gasteiger partial charge in [0.1, 0.15) is 5.75 Å². The van der Waals surface area contributed by atoms with Gasteiger partial charge in [-0.2, -0.15) is 0 Å². The average Bonchev–Trinajstić information content (AvgIpc) is 2.78. The molecule has 0 aliphatic heterocycles. The molecule has 0 spiro atoms. The first-order valence-corrected chi connectivity index (χ1v) is 12.6. The number of hydrogen-bond acceptors (Lipinski definition) is 3. The Morgan fingerprint density at radius 2 is 1.20 bits per heavy atom. The molecule has 0 bridgehead atoms. The zero-order valence-corrected chi connectivity index (χ0v) is 20.4. The summed E-state index contributed by atoms with van der Waals surface area (Å²) in [6.07, 6.45) is 0.